The van der Waals surface area contributed by atoms with E-state index in [-0.39, 0.29) is 17.5 Å². The molecule has 6 heteroatoms. The van der Waals surface area contributed by atoms with E-state index in [9.17, 15) is 9.18 Å². The summed E-state index contributed by atoms with van der Waals surface area (Å²) in [6, 6.07) is 9.66. The third-order valence-corrected chi connectivity index (χ3v) is 3.68. The van der Waals surface area contributed by atoms with Gasteiger partial charge in [-0.2, -0.15) is 0 Å². The summed E-state index contributed by atoms with van der Waals surface area (Å²) in [4.78, 5) is 11.8. The Labute approximate surface area is 140 Å². The van der Waals surface area contributed by atoms with E-state index in [4.69, 9.17) is 16.3 Å². The molecule has 0 fully saturated rings. The molecule has 0 saturated carbocycles. The molecular formula is C15H12ClFINO2. The van der Waals surface area contributed by atoms with Gasteiger partial charge >= 0.3 is 0 Å². The minimum atomic E-state index is -0.525. The van der Waals surface area contributed by atoms with Crippen LogP contribution in [0.25, 0.3) is 0 Å². The third-order valence-electron chi connectivity index (χ3n) is 2.72. The summed E-state index contributed by atoms with van der Waals surface area (Å²) in [6.45, 7) is 1.74. The molecule has 0 bridgehead atoms. The summed E-state index contributed by atoms with van der Waals surface area (Å²) in [5.74, 6) is -0.474. The van der Waals surface area contributed by atoms with Crippen LogP contribution >= 0.6 is 34.2 Å². The molecule has 110 valence electrons. The van der Waals surface area contributed by atoms with Crippen molar-refractivity contribution in [3.63, 3.8) is 0 Å². The maximum Gasteiger partial charge on any atom is 0.262 e. The maximum absolute atomic E-state index is 13.0. The molecule has 0 unspecified atom stereocenters. The van der Waals surface area contributed by atoms with E-state index in [1.807, 2.05) is 25.1 Å². The van der Waals surface area contributed by atoms with Gasteiger partial charge < -0.3 is 10.1 Å². The van der Waals surface area contributed by atoms with Crippen LogP contribution in [0.5, 0.6) is 5.75 Å². The number of hydrogen-bond acceptors (Lipinski definition) is 2. The summed E-state index contributed by atoms with van der Waals surface area (Å²) in [5, 5.41) is 2.72. The number of aryl methyl sites for hydroxylation is 1. The van der Waals surface area contributed by atoms with Crippen LogP contribution in [0.2, 0.25) is 5.02 Å². The Morgan fingerprint density at radius 3 is 2.76 bits per heavy atom. The highest BCUT2D eigenvalue weighted by molar-refractivity contribution is 14.1. The number of carbonyl (C=O) groups is 1. The Kier molecular flexibility index (Phi) is 5.41. The molecule has 2 aromatic carbocycles. The average Bonchev–Trinajstić information content (AvgIpc) is 2.43. The van der Waals surface area contributed by atoms with Crippen LogP contribution in [-0.4, -0.2) is 12.5 Å². The summed E-state index contributed by atoms with van der Waals surface area (Å²) < 4.78 is 19.4. The third kappa shape index (κ3) is 4.57. The Bertz CT molecular complexity index is 679. The molecule has 3 nitrogen and oxygen atoms in total. The number of nitrogens with one attached hydrogen (secondary N) is 1. The molecule has 0 aromatic heterocycles. The minimum absolute atomic E-state index is 0.0404. The van der Waals surface area contributed by atoms with Gasteiger partial charge in [-0.25, -0.2) is 4.39 Å². The molecule has 2 rings (SSSR count). The second kappa shape index (κ2) is 7.09. The molecule has 0 radical (unpaired) electrons. The molecule has 0 aliphatic carbocycles. The van der Waals surface area contributed by atoms with Crippen molar-refractivity contribution < 1.29 is 13.9 Å². The van der Waals surface area contributed by atoms with Gasteiger partial charge in [0.2, 0.25) is 0 Å². The highest BCUT2D eigenvalue weighted by atomic mass is 127. The van der Waals surface area contributed by atoms with Gasteiger partial charge in [0.15, 0.2) is 6.61 Å². The molecule has 0 aliphatic rings. The topological polar surface area (TPSA) is 38.3 Å². The van der Waals surface area contributed by atoms with E-state index in [0.717, 1.165) is 14.8 Å². The molecule has 0 spiro atoms. The first kappa shape index (κ1) is 16.0. The fraction of sp³-hybridized carbons (Fsp3) is 0.133. The molecule has 1 amide bonds. The molecular weight excluding hydrogens is 408 g/mol. The van der Waals surface area contributed by atoms with E-state index in [0.29, 0.717) is 5.75 Å². The van der Waals surface area contributed by atoms with E-state index in [1.54, 1.807) is 0 Å². The number of hydrogen-bond donors (Lipinski definition) is 1. The molecule has 0 heterocycles. The number of benzene rings is 2. The molecule has 21 heavy (non-hydrogen) atoms. The number of carbonyl (C=O) groups excluding carboxylic acids is 1. The highest BCUT2D eigenvalue weighted by Gasteiger charge is 2.07. The molecule has 0 aliphatic heterocycles. The Morgan fingerprint density at radius 2 is 2.10 bits per heavy atom. The quantitative estimate of drug-likeness (QED) is 0.746. The van der Waals surface area contributed by atoms with Gasteiger partial charge in [-0.05, 0) is 65.4 Å². The van der Waals surface area contributed by atoms with E-state index in [1.165, 1.54) is 18.2 Å². The van der Waals surface area contributed by atoms with Gasteiger partial charge in [-0.1, -0.05) is 11.6 Å². The van der Waals surface area contributed by atoms with Gasteiger partial charge in [0.05, 0.1) is 5.02 Å². The van der Waals surface area contributed by atoms with Gasteiger partial charge in [0.25, 0.3) is 5.91 Å². The van der Waals surface area contributed by atoms with Crippen LogP contribution in [0.3, 0.4) is 0 Å². The number of rotatable bonds is 4. The van der Waals surface area contributed by atoms with E-state index in [2.05, 4.69) is 27.9 Å². The highest BCUT2D eigenvalue weighted by Crippen LogP contribution is 2.21. The van der Waals surface area contributed by atoms with Crippen molar-refractivity contribution in [1.82, 2.24) is 0 Å². The Morgan fingerprint density at radius 1 is 1.33 bits per heavy atom. The minimum Gasteiger partial charge on any atom is -0.484 e. The van der Waals surface area contributed by atoms with Gasteiger partial charge in [-0.15, -0.1) is 0 Å². The van der Waals surface area contributed by atoms with Crippen LogP contribution in [0.1, 0.15) is 5.56 Å². The van der Waals surface area contributed by atoms with Gasteiger partial charge in [-0.3, -0.25) is 4.79 Å². The number of ether oxygens (including phenoxy) is 1. The zero-order valence-electron chi connectivity index (χ0n) is 11.1. The molecule has 0 atom stereocenters. The first-order valence-corrected chi connectivity index (χ1v) is 7.55. The van der Waals surface area contributed by atoms with Gasteiger partial charge in [0.1, 0.15) is 11.6 Å². The van der Waals surface area contributed by atoms with Crippen molar-refractivity contribution in [1.29, 1.82) is 0 Å². The van der Waals surface area contributed by atoms with Crippen molar-refractivity contribution in [2.45, 2.75) is 6.92 Å². The second-order valence-electron chi connectivity index (χ2n) is 4.37. The lowest BCUT2D eigenvalue weighted by molar-refractivity contribution is -0.118. The van der Waals surface area contributed by atoms with Crippen LogP contribution in [0, 0.1) is 16.3 Å². The monoisotopic (exact) mass is 419 g/mol. The zero-order valence-corrected chi connectivity index (χ0v) is 14.0. The normalized spacial score (nSPS) is 10.3. The Hall–Kier alpha value is -1.34. The number of anilines is 1. The van der Waals surface area contributed by atoms with E-state index < -0.39 is 5.82 Å². The van der Waals surface area contributed by atoms with Crippen molar-refractivity contribution >= 4 is 45.8 Å². The predicted octanol–water partition coefficient (Wildman–Crippen LogP) is 4.41. The van der Waals surface area contributed by atoms with Crippen molar-refractivity contribution in [3.8, 4) is 5.75 Å². The summed E-state index contributed by atoms with van der Waals surface area (Å²) in [6.07, 6.45) is 0. The summed E-state index contributed by atoms with van der Waals surface area (Å²) in [5.41, 5.74) is 1.71. The number of amides is 1. The Balaban J connectivity index is 1.94. The van der Waals surface area contributed by atoms with Crippen LogP contribution in [-0.2, 0) is 4.79 Å². The first-order valence-electron chi connectivity index (χ1n) is 6.09. The van der Waals surface area contributed by atoms with Crippen molar-refractivity contribution in [3.05, 3.63) is 56.4 Å². The smallest absolute Gasteiger partial charge is 0.262 e. The maximum atomic E-state index is 13.0. The molecule has 1 N–H and O–H groups in total. The lowest BCUT2D eigenvalue weighted by Gasteiger charge is -2.10. The average molecular weight is 420 g/mol. The standard InChI is InChI=1S/C15H12ClFINO2/c1-9-6-10(18)2-5-14(9)19-15(20)8-21-11-3-4-13(17)12(16)7-11/h2-7H,8H2,1H3,(H,19,20). The first-order chi connectivity index (χ1) is 9.95. The van der Waals surface area contributed by atoms with Crippen molar-refractivity contribution in [2.24, 2.45) is 0 Å². The summed E-state index contributed by atoms with van der Waals surface area (Å²) in [7, 11) is 0. The SMILES string of the molecule is Cc1cc(I)ccc1NC(=O)COc1ccc(F)c(Cl)c1. The van der Waals surface area contributed by atoms with Crippen LogP contribution < -0.4 is 10.1 Å². The lowest BCUT2D eigenvalue weighted by Crippen LogP contribution is -2.20. The fourth-order valence-electron chi connectivity index (χ4n) is 1.67. The zero-order chi connectivity index (χ0) is 15.4. The fourth-order valence-corrected chi connectivity index (χ4v) is 2.49. The summed E-state index contributed by atoms with van der Waals surface area (Å²) >= 11 is 7.84. The number of halogens is 3. The van der Waals surface area contributed by atoms with E-state index >= 15 is 0 Å². The van der Waals surface area contributed by atoms with Gasteiger partial charge in [0, 0.05) is 15.3 Å². The molecule has 0 saturated heterocycles. The predicted molar refractivity (Wildman–Crippen MR) is 89.4 cm³/mol. The van der Waals surface area contributed by atoms with Crippen LogP contribution in [0.4, 0.5) is 10.1 Å². The second-order valence-corrected chi connectivity index (χ2v) is 6.02. The largest absolute Gasteiger partial charge is 0.484 e. The van der Waals surface area contributed by atoms with Crippen molar-refractivity contribution in [2.75, 3.05) is 11.9 Å². The lowest BCUT2D eigenvalue weighted by atomic mass is 10.2. The molecule has 2 aromatic rings. The van der Waals surface area contributed by atoms with Crippen LogP contribution in [0.15, 0.2) is 36.4 Å².